The number of para-hydroxylation sites is 1. The lowest BCUT2D eigenvalue weighted by atomic mass is 9.78. The van der Waals surface area contributed by atoms with Gasteiger partial charge in [0.2, 0.25) is 0 Å². The third-order valence-corrected chi connectivity index (χ3v) is 5.03. The number of ether oxygens (including phenoxy) is 1. The van der Waals surface area contributed by atoms with Gasteiger partial charge in [0.15, 0.2) is 0 Å². The maximum atomic E-state index is 13.6. The molecule has 0 aromatic heterocycles. The van der Waals surface area contributed by atoms with Crippen molar-refractivity contribution in [1.29, 1.82) is 0 Å². The Morgan fingerprint density at radius 3 is 2.17 bits per heavy atom. The van der Waals surface area contributed by atoms with Crippen molar-refractivity contribution in [2.75, 3.05) is 5.01 Å². The van der Waals surface area contributed by atoms with E-state index in [1.54, 1.807) is 24.3 Å². The van der Waals surface area contributed by atoms with Gasteiger partial charge in [0.1, 0.15) is 11.8 Å². The number of alkyl halides is 3. The number of hydrogen-bond donors (Lipinski definition) is 0. The summed E-state index contributed by atoms with van der Waals surface area (Å²) in [5, 5.41) is 5.48. The Hall–Kier alpha value is -2.34. The van der Waals surface area contributed by atoms with Gasteiger partial charge in [-0.2, -0.15) is 18.3 Å². The van der Waals surface area contributed by atoms with Crippen LogP contribution in [-0.4, -0.2) is 17.9 Å². The zero-order chi connectivity index (χ0) is 16.5. The number of benzene rings is 2. The van der Waals surface area contributed by atoms with Gasteiger partial charge in [-0.3, -0.25) is 5.01 Å². The summed E-state index contributed by atoms with van der Waals surface area (Å²) < 4.78 is 46.7. The Balaban J connectivity index is 1.66. The van der Waals surface area contributed by atoms with E-state index < -0.39 is 30.0 Å². The molecule has 2 aromatic carbocycles. The summed E-state index contributed by atoms with van der Waals surface area (Å²) in [7, 11) is 0. The van der Waals surface area contributed by atoms with E-state index in [0.717, 1.165) is 11.1 Å². The zero-order valence-corrected chi connectivity index (χ0v) is 12.4. The first-order valence-electron chi connectivity index (χ1n) is 7.80. The highest BCUT2D eigenvalue weighted by Crippen LogP contribution is 2.59. The van der Waals surface area contributed by atoms with Crippen LogP contribution in [0, 0.1) is 5.92 Å². The van der Waals surface area contributed by atoms with Gasteiger partial charge in [-0.25, -0.2) is 0 Å². The lowest BCUT2D eigenvalue weighted by molar-refractivity contribution is -0.0642. The molecule has 24 heavy (non-hydrogen) atoms. The van der Waals surface area contributed by atoms with E-state index in [9.17, 15) is 13.2 Å². The average Bonchev–Trinajstić information content (AvgIpc) is 3.24. The van der Waals surface area contributed by atoms with Crippen LogP contribution < -0.4 is 5.01 Å². The quantitative estimate of drug-likeness (QED) is 0.781. The van der Waals surface area contributed by atoms with E-state index in [0.29, 0.717) is 5.69 Å². The molecule has 1 fully saturated rings. The van der Waals surface area contributed by atoms with Gasteiger partial charge in [0, 0.05) is 0 Å². The molecule has 0 saturated carbocycles. The third kappa shape index (κ3) is 1.74. The average molecular weight is 330 g/mol. The largest absolute Gasteiger partial charge is 0.431 e. The van der Waals surface area contributed by atoms with Gasteiger partial charge >= 0.3 is 6.18 Å². The molecule has 5 rings (SSSR count). The van der Waals surface area contributed by atoms with Crippen LogP contribution in [0.15, 0.2) is 59.7 Å². The first-order valence-corrected chi connectivity index (χ1v) is 7.80. The van der Waals surface area contributed by atoms with E-state index in [-0.39, 0.29) is 6.10 Å². The number of hydrogen-bond acceptors (Lipinski definition) is 3. The summed E-state index contributed by atoms with van der Waals surface area (Å²) in [5.41, 5.74) is 1.75. The molecule has 3 aliphatic heterocycles. The summed E-state index contributed by atoms with van der Waals surface area (Å²) in [5.74, 6) is -0.787. The second-order valence-electron chi connectivity index (χ2n) is 6.29. The van der Waals surface area contributed by atoms with Crippen molar-refractivity contribution < 1.29 is 17.9 Å². The topological polar surface area (TPSA) is 24.8 Å². The molecule has 2 aromatic rings. The minimum atomic E-state index is -4.46. The molecule has 3 aliphatic rings. The first-order chi connectivity index (χ1) is 11.6. The highest BCUT2D eigenvalue weighted by atomic mass is 19.4. The van der Waals surface area contributed by atoms with E-state index in [1.165, 1.54) is 5.01 Å². The summed E-state index contributed by atoms with van der Waals surface area (Å²) in [6.45, 7) is 0. The molecule has 4 unspecified atom stereocenters. The van der Waals surface area contributed by atoms with E-state index in [2.05, 4.69) is 5.10 Å². The maximum Gasteiger partial charge on any atom is 0.431 e. The van der Waals surface area contributed by atoms with Gasteiger partial charge in [-0.1, -0.05) is 42.5 Å². The van der Waals surface area contributed by atoms with E-state index >= 15 is 0 Å². The molecular weight excluding hydrogens is 317 g/mol. The van der Waals surface area contributed by atoms with Crippen molar-refractivity contribution in [1.82, 2.24) is 0 Å². The Morgan fingerprint density at radius 1 is 0.875 bits per heavy atom. The number of nitrogens with zero attached hydrogens (tertiary/aromatic N) is 2. The molecule has 1 saturated heterocycles. The van der Waals surface area contributed by atoms with E-state index in [1.807, 2.05) is 30.3 Å². The van der Waals surface area contributed by atoms with Crippen LogP contribution in [0.5, 0.6) is 0 Å². The van der Waals surface area contributed by atoms with Crippen molar-refractivity contribution in [2.45, 2.75) is 24.4 Å². The highest BCUT2D eigenvalue weighted by Gasteiger charge is 2.64. The van der Waals surface area contributed by atoms with Crippen LogP contribution in [0.1, 0.15) is 23.3 Å². The van der Waals surface area contributed by atoms with Crippen molar-refractivity contribution in [3.05, 3.63) is 65.7 Å². The number of fused-ring (bicyclic) bond motifs is 8. The number of hydrazone groups is 1. The van der Waals surface area contributed by atoms with Crippen LogP contribution in [-0.2, 0) is 4.74 Å². The molecule has 6 heteroatoms. The molecule has 0 amide bonds. The Bertz CT molecular complexity index is 834. The Labute approximate surface area is 136 Å². The molecule has 122 valence electrons. The van der Waals surface area contributed by atoms with Gasteiger partial charge < -0.3 is 4.74 Å². The van der Waals surface area contributed by atoms with Crippen molar-refractivity contribution in [3.8, 4) is 0 Å². The second kappa shape index (κ2) is 4.60. The zero-order valence-electron chi connectivity index (χ0n) is 12.4. The van der Waals surface area contributed by atoms with Gasteiger partial charge in [0.25, 0.3) is 0 Å². The van der Waals surface area contributed by atoms with Crippen LogP contribution in [0.3, 0.4) is 0 Å². The number of rotatable bonds is 1. The normalized spacial score (nSPS) is 30.3. The monoisotopic (exact) mass is 330 g/mol. The summed E-state index contributed by atoms with van der Waals surface area (Å²) in [6.07, 6.45) is -5.43. The van der Waals surface area contributed by atoms with Crippen LogP contribution in [0.2, 0.25) is 0 Å². The number of halogens is 3. The van der Waals surface area contributed by atoms with E-state index in [4.69, 9.17) is 4.74 Å². The van der Waals surface area contributed by atoms with Crippen molar-refractivity contribution in [3.63, 3.8) is 0 Å². The minimum Gasteiger partial charge on any atom is -0.363 e. The lowest BCUT2D eigenvalue weighted by Gasteiger charge is -2.30. The third-order valence-electron chi connectivity index (χ3n) is 5.03. The molecule has 2 bridgehead atoms. The van der Waals surface area contributed by atoms with Crippen LogP contribution in [0.25, 0.3) is 0 Å². The Morgan fingerprint density at radius 2 is 1.50 bits per heavy atom. The first kappa shape index (κ1) is 14.0. The Kier molecular flexibility index (Phi) is 2.69. The fraction of sp³-hybridized carbons (Fsp3) is 0.278. The fourth-order valence-corrected chi connectivity index (χ4v) is 4.13. The summed E-state index contributed by atoms with van der Waals surface area (Å²) >= 11 is 0. The van der Waals surface area contributed by atoms with Gasteiger partial charge in [0.05, 0.1) is 23.8 Å². The molecule has 3 nitrogen and oxygen atoms in total. The summed E-state index contributed by atoms with van der Waals surface area (Å²) in [4.78, 5) is 0. The predicted molar refractivity (Wildman–Crippen MR) is 82.7 cm³/mol. The smallest absolute Gasteiger partial charge is 0.363 e. The molecular formula is C18H13F3N2O. The maximum absolute atomic E-state index is 13.6. The predicted octanol–water partition coefficient (Wildman–Crippen LogP) is 4.24. The van der Waals surface area contributed by atoms with Crippen molar-refractivity contribution in [2.24, 2.45) is 11.0 Å². The van der Waals surface area contributed by atoms with Crippen LogP contribution in [0.4, 0.5) is 18.9 Å². The summed E-state index contributed by atoms with van der Waals surface area (Å²) in [6, 6.07) is 16.1. The van der Waals surface area contributed by atoms with Crippen LogP contribution >= 0.6 is 0 Å². The fourth-order valence-electron chi connectivity index (χ4n) is 4.13. The van der Waals surface area contributed by atoms with Gasteiger partial charge in [-0.05, 0) is 23.3 Å². The molecule has 0 N–H and O–H groups in total. The highest BCUT2D eigenvalue weighted by molar-refractivity contribution is 5.97. The second-order valence-corrected chi connectivity index (χ2v) is 6.29. The number of anilines is 1. The minimum absolute atomic E-state index is 0.389. The SMILES string of the molecule is FC(F)(F)C1=NN(c2ccccc2)C2C3OC(c4ccccc43)C12. The standard InChI is InChI=1S/C18H13F3N2O/c19-18(20,21)17-13-14(23(22-17)10-6-2-1-3-7-10)16-12-9-5-4-8-11(12)15(13)24-16/h1-9,13-16H. The lowest BCUT2D eigenvalue weighted by Crippen LogP contribution is -2.40. The van der Waals surface area contributed by atoms with Crippen molar-refractivity contribution >= 4 is 11.4 Å². The van der Waals surface area contributed by atoms with Gasteiger partial charge in [-0.15, -0.1) is 0 Å². The molecule has 0 radical (unpaired) electrons. The molecule has 0 spiro atoms. The molecule has 0 aliphatic carbocycles. The molecule has 3 heterocycles. The molecule has 4 atom stereocenters.